The van der Waals surface area contributed by atoms with Crippen molar-refractivity contribution in [1.29, 1.82) is 0 Å². The molecular formula is C23H26N2O2. The first-order valence-electron chi connectivity index (χ1n) is 9.39. The van der Waals surface area contributed by atoms with Gasteiger partial charge in [-0.15, -0.1) is 6.42 Å². The summed E-state index contributed by atoms with van der Waals surface area (Å²) >= 11 is 0. The SMILES string of the molecule is C#CCN1CCCc2ccc(OC(=O)N(c3ccccc3C)C(C)C)cc21. The second-order valence-electron chi connectivity index (χ2n) is 7.14. The van der Waals surface area contributed by atoms with Crippen molar-refractivity contribution in [2.45, 2.75) is 39.7 Å². The van der Waals surface area contributed by atoms with E-state index in [4.69, 9.17) is 11.2 Å². The Morgan fingerprint density at radius 3 is 2.78 bits per heavy atom. The Balaban J connectivity index is 1.86. The van der Waals surface area contributed by atoms with Gasteiger partial charge in [0.25, 0.3) is 0 Å². The van der Waals surface area contributed by atoms with Crippen molar-refractivity contribution in [1.82, 2.24) is 0 Å². The number of amides is 1. The standard InChI is InChI=1S/C23H26N2O2/c1-5-14-24-15-8-10-19-12-13-20(16-22(19)24)27-23(26)25(17(2)3)21-11-7-6-9-18(21)4/h1,6-7,9,11-13,16-17H,8,10,14-15H2,2-4H3. The van der Waals surface area contributed by atoms with Gasteiger partial charge in [0.1, 0.15) is 5.75 Å². The summed E-state index contributed by atoms with van der Waals surface area (Å²) in [4.78, 5) is 16.8. The maximum Gasteiger partial charge on any atom is 0.420 e. The summed E-state index contributed by atoms with van der Waals surface area (Å²) in [5.74, 6) is 3.25. The van der Waals surface area contributed by atoms with Gasteiger partial charge in [0, 0.05) is 24.3 Å². The lowest BCUT2D eigenvalue weighted by Gasteiger charge is -2.30. The van der Waals surface area contributed by atoms with E-state index in [1.807, 2.05) is 63.2 Å². The second-order valence-corrected chi connectivity index (χ2v) is 7.14. The van der Waals surface area contributed by atoms with Gasteiger partial charge in [0.2, 0.25) is 0 Å². The number of ether oxygens (including phenoxy) is 1. The minimum atomic E-state index is -0.376. The van der Waals surface area contributed by atoms with Crippen molar-refractivity contribution in [3.63, 3.8) is 0 Å². The third-order valence-corrected chi connectivity index (χ3v) is 4.85. The van der Waals surface area contributed by atoms with Crippen molar-refractivity contribution < 1.29 is 9.53 Å². The number of aryl methyl sites for hydroxylation is 2. The van der Waals surface area contributed by atoms with Crippen molar-refractivity contribution >= 4 is 17.5 Å². The maximum atomic E-state index is 12.9. The summed E-state index contributed by atoms with van der Waals surface area (Å²) in [6.45, 7) is 7.45. The number of benzene rings is 2. The number of hydrogen-bond donors (Lipinski definition) is 0. The molecule has 0 N–H and O–H groups in total. The molecule has 1 aliphatic rings. The Kier molecular flexibility index (Phi) is 5.71. The summed E-state index contributed by atoms with van der Waals surface area (Å²) in [6.07, 6.45) is 7.23. The highest BCUT2D eigenvalue weighted by Gasteiger charge is 2.24. The molecule has 0 aliphatic carbocycles. The third kappa shape index (κ3) is 4.09. The quantitative estimate of drug-likeness (QED) is 0.733. The minimum absolute atomic E-state index is 0.0193. The van der Waals surface area contributed by atoms with Crippen LogP contribution in [0.25, 0.3) is 0 Å². The van der Waals surface area contributed by atoms with Gasteiger partial charge in [-0.2, -0.15) is 0 Å². The van der Waals surface area contributed by atoms with Gasteiger partial charge in [-0.1, -0.05) is 30.2 Å². The van der Waals surface area contributed by atoms with Crippen LogP contribution in [-0.2, 0) is 6.42 Å². The van der Waals surface area contributed by atoms with Gasteiger partial charge in [-0.25, -0.2) is 4.79 Å². The highest BCUT2D eigenvalue weighted by atomic mass is 16.6. The first-order chi connectivity index (χ1) is 13.0. The molecule has 27 heavy (non-hydrogen) atoms. The van der Waals surface area contributed by atoms with Crippen molar-refractivity contribution in [2.24, 2.45) is 0 Å². The lowest BCUT2D eigenvalue weighted by molar-refractivity contribution is 0.205. The molecule has 4 nitrogen and oxygen atoms in total. The normalized spacial score (nSPS) is 13.1. The molecule has 0 saturated carbocycles. The third-order valence-electron chi connectivity index (χ3n) is 4.85. The van der Waals surface area contributed by atoms with Crippen LogP contribution in [0.4, 0.5) is 16.2 Å². The van der Waals surface area contributed by atoms with E-state index in [2.05, 4.69) is 10.8 Å². The Labute approximate surface area is 161 Å². The average molecular weight is 362 g/mol. The zero-order valence-corrected chi connectivity index (χ0v) is 16.2. The van der Waals surface area contributed by atoms with Crippen LogP contribution in [0.15, 0.2) is 42.5 Å². The highest BCUT2D eigenvalue weighted by Crippen LogP contribution is 2.31. The Bertz CT molecular complexity index is 867. The molecular weight excluding hydrogens is 336 g/mol. The number of para-hydroxylation sites is 1. The number of anilines is 2. The van der Waals surface area contributed by atoms with Gasteiger partial charge in [0.05, 0.1) is 12.2 Å². The van der Waals surface area contributed by atoms with E-state index in [9.17, 15) is 4.79 Å². The number of hydrogen-bond acceptors (Lipinski definition) is 3. The average Bonchev–Trinajstić information content (AvgIpc) is 2.64. The second kappa shape index (κ2) is 8.18. The monoisotopic (exact) mass is 362 g/mol. The number of rotatable bonds is 4. The number of fused-ring (bicyclic) bond motifs is 1. The molecule has 0 saturated heterocycles. The number of terminal acetylenes is 1. The molecule has 0 fully saturated rings. The molecule has 1 heterocycles. The smallest absolute Gasteiger partial charge is 0.410 e. The molecule has 0 aromatic heterocycles. The topological polar surface area (TPSA) is 32.8 Å². The van der Waals surface area contributed by atoms with E-state index < -0.39 is 0 Å². The molecule has 0 unspecified atom stereocenters. The fraction of sp³-hybridized carbons (Fsp3) is 0.348. The summed E-state index contributed by atoms with van der Waals surface area (Å²) in [7, 11) is 0. The number of nitrogens with zero attached hydrogens (tertiary/aromatic N) is 2. The Hall–Kier alpha value is -2.93. The van der Waals surface area contributed by atoms with E-state index in [-0.39, 0.29) is 12.1 Å². The van der Waals surface area contributed by atoms with Crippen LogP contribution in [0.5, 0.6) is 5.75 Å². The number of carbonyl (C=O) groups excluding carboxylic acids is 1. The number of carbonyl (C=O) groups is 1. The molecule has 140 valence electrons. The van der Waals surface area contributed by atoms with Gasteiger partial charge < -0.3 is 9.64 Å². The molecule has 3 rings (SSSR count). The van der Waals surface area contributed by atoms with Crippen LogP contribution < -0.4 is 14.5 Å². The molecule has 0 bridgehead atoms. The molecule has 0 radical (unpaired) electrons. The van der Waals surface area contributed by atoms with Gasteiger partial charge >= 0.3 is 6.09 Å². The largest absolute Gasteiger partial charge is 0.420 e. The van der Waals surface area contributed by atoms with Crippen molar-refractivity contribution in [3.8, 4) is 18.1 Å². The lowest BCUT2D eigenvalue weighted by Crippen LogP contribution is -2.39. The summed E-state index contributed by atoms with van der Waals surface area (Å²) in [6, 6.07) is 13.6. The molecule has 1 amide bonds. The van der Waals surface area contributed by atoms with Gasteiger partial charge in [-0.05, 0) is 56.9 Å². The molecule has 4 heteroatoms. The van der Waals surface area contributed by atoms with Gasteiger partial charge in [-0.3, -0.25) is 4.90 Å². The molecule has 2 aromatic rings. The van der Waals surface area contributed by atoms with Crippen LogP contribution in [-0.4, -0.2) is 25.2 Å². The maximum absolute atomic E-state index is 12.9. The van der Waals surface area contributed by atoms with Crippen LogP contribution >= 0.6 is 0 Å². The summed E-state index contributed by atoms with van der Waals surface area (Å²) < 4.78 is 5.75. The van der Waals surface area contributed by atoms with Crippen molar-refractivity contribution in [2.75, 3.05) is 22.9 Å². The first kappa shape index (κ1) is 18.8. The highest BCUT2D eigenvalue weighted by molar-refractivity contribution is 5.90. The van der Waals surface area contributed by atoms with Crippen LogP contribution in [0.3, 0.4) is 0 Å². The predicted molar refractivity (Wildman–Crippen MR) is 111 cm³/mol. The van der Waals surface area contributed by atoms with Crippen molar-refractivity contribution in [3.05, 3.63) is 53.6 Å². The lowest BCUT2D eigenvalue weighted by atomic mass is 10.0. The summed E-state index contributed by atoms with van der Waals surface area (Å²) in [5.41, 5.74) is 4.21. The Morgan fingerprint density at radius 1 is 1.30 bits per heavy atom. The van der Waals surface area contributed by atoms with Crippen LogP contribution in [0.2, 0.25) is 0 Å². The van der Waals surface area contributed by atoms with Gasteiger partial charge in [0.15, 0.2) is 0 Å². The van der Waals surface area contributed by atoms with E-state index in [1.54, 1.807) is 4.90 Å². The summed E-state index contributed by atoms with van der Waals surface area (Å²) in [5, 5.41) is 0. The predicted octanol–water partition coefficient (Wildman–Crippen LogP) is 4.79. The van der Waals surface area contributed by atoms with Crippen LogP contribution in [0.1, 0.15) is 31.4 Å². The molecule has 1 aliphatic heterocycles. The zero-order valence-electron chi connectivity index (χ0n) is 16.2. The van der Waals surface area contributed by atoms with E-state index >= 15 is 0 Å². The fourth-order valence-electron chi connectivity index (χ4n) is 3.54. The van der Waals surface area contributed by atoms with E-state index in [1.165, 1.54) is 5.56 Å². The minimum Gasteiger partial charge on any atom is -0.410 e. The first-order valence-corrected chi connectivity index (χ1v) is 9.39. The van der Waals surface area contributed by atoms with Crippen LogP contribution in [0, 0.1) is 19.3 Å². The zero-order chi connectivity index (χ0) is 19.4. The molecule has 0 spiro atoms. The Morgan fingerprint density at radius 2 is 2.07 bits per heavy atom. The molecule has 0 atom stereocenters. The molecule has 2 aromatic carbocycles. The van der Waals surface area contributed by atoms with E-state index in [0.717, 1.165) is 36.3 Å². The van der Waals surface area contributed by atoms with E-state index in [0.29, 0.717) is 12.3 Å². The fourth-order valence-corrected chi connectivity index (χ4v) is 3.54.